The van der Waals surface area contributed by atoms with Crippen molar-refractivity contribution in [1.82, 2.24) is 0 Å². The van der Waals surface area contributed by atoms with Gasteiger partial charge in [0.25, 0.3) is 0 Å². The lowest BCUT2D eigenvalue weighted by Gasteiger charge is -2.20. The molecule has 2 amide bonds. The lowest BCUT2D eigenvalue weighted by Crippen LogP contribution is -2.19. The molecule has 0 aromatic heterocycles. The molecule has 0 heterocycles. The van der Waals surface area contributed by atoms with Crippen LogP contribution in [0.2, 0.25) is 0 Å². The number of amides is 2. The van der Waals surface area contributed by atoms with Crippen LogP contribution in [0.1, 0.15) is 26.3 Å². The van der Waals surface area contributed by atoms with Gasteiger partial charge < -0.3 is 16.2 Å². The van der Waals surface area contributed by atoms with Crippen LogP contribution in [0.25, 0.3) is 0 Å². The Labute approximate surface area is 122 Å². The topological polar surface area (TPSA) is 92.4 Å². The zero-order valence-electron chi connectivity index (χ0n) is 11.9. The van der Waals surface area contributed by atoms with Crippen molar-refractivity contribution >= 4 is 29.3 Å². The van der Waals surface area contributed by atoms with E-state index < -0.39 is 5.91 Å². The van der Waals surface area contributed by atoms with Gasteiger partial charge in [-0.05, 0) is 23.1 Å². The highest BCUT2D eigenvalue weighted by atomic mass is 32.2. The van der Waals surface area contributed by atoms with Gasteiger partial charge >= 0.3 is 0 Å². The van der Waals surface area contributed by atoms with Crippen molar-refractivity contribution in [3.63, 3.8) is 0 Å². The van der Waals surface area contributed by atoms with Crippen molar-refractivity contribution < 1.29 is 14.7 Å². The van der Waals surface area contributed by atoms with Gasteiger partial charge in [0, 0.05) is 0 Å². The van der Waals surface area contributed by atoms with E-state index in [1.807, 2.05) is 26.8 Å². The molecule has 0 saturated carbocycles. The molecule has 0 fully saturated rings. The van der Waals surface area contributed by atoms with Crippen molar-refractivity contribution in [3.8, 4) is 5.75 Å². The molecule has 0 aliphatic rings. The lowest BCUT2D eigenvalue weighted by atomic mass is 9.87. The van der Waals surface area contributed by atoms with Crippen molar-refractivity contribution in [2.45, 2.75) is 26.2 Å². The number of carbonyl (C=O) groups excluding carboxylic acids is 2. The highest BCUT2D eigenvalue weighted by molar-refractivity contribution is 8.00. The number of carbonyl (C=O) groups is 2. The number of hydrogen-bond acceptors (Lipinski definition) is 4. The van der Waals surface area contributed by atoms with Gasteiger partial charge in [-0.15, -0.1) is 11.8 Å². The van der Waals surface area contributed by atoms with Gasteiger partial charge in [0.15, 0.2) is 0 Å². The average molecular weight is 296 g/mol. The van der Waals surface area contributed by atoms with E-state index in [0.717, 1.165) is 17.3 Å². The van der Waals surface area contributed by atoms with E-state index in [0.29, 0.717) is 5.69 Å². The van der Waals surface area contributed by atoms with E-state index in [4.69, 9.17) is 5.73 Å². The predicted molar refractivity (Wildman–Crippen MR) is 82.0 cm³/mol. The SMILES string of the molecule is CC(C)(C)c1ccc(O)c(NC(=O)CSCC(N)=O)c1. The van der Waals surface area contributed by atoms with Gasteiger partial charge in [-0.1, -0.05) is 26.8 Å². The Morgan fingerprint density at radius 1 is 1.30 bits per heavy atom. The second kappa shape index (κ2) is 6.65. The summed E-state index contributed by atoms with van der Waals surface area (Å²) in [6.45, 7) is 6.15. The largest absolute Gasteiger partial charge is 0.506 e. The molecule has 0 radical (unpaired) electrons. The highest BCUT2D eigenvalue weighted by Gasteiger charge is 2.16. The minimum Gasteiger partial charge on any atom is -0.506 e. The number of phenols is 1. The number of aromatic hydroxyl groups is 1. The molecule has 110 valence electrons. The Kier molecular flexibility index (Phi) is 5.44. The van der Waals surface area contributed by atoms with Crippen LogP contribution in [-0.2, 0) is 15.0 Å². The van der Waals surface area contributed by atoms with Crippen LogP contribution in [0.4, 0.5) is 5.69 Å². The smallest absolute Gasteiger partial charge is 0.234 e. The van der Waals surface area contributed by atoms with Crippen LogP contribution in [0.3, 0.4) is 0 Å². The predicted octanol–water partition coefficient (Wildman–Crippen LogP) is 1.85. The second-order valence-corrected chi connectivity index (χ2v) is 6.47. The molecule has 1 rings (SSSR count). The number of anilines is 1. The van der Waals surface area contributed by atoms with Crippen LogP contribution >= 0.6 is 11.8 Å². The van der Waals surface area contributed by atoms with E-state index in [-0.39, 0.29) is 28.6 Å². The number of phenolic OH excluding ortho intramolecular Hbond substituents is 1. The van der Waals surface area contributed by atoms with Gasteiger partial charge in [-0.25, -0.2) is 0 Å². The molecule has 4 N–H and O–H groups in total. The third-order valence-corrected chi connectivity index (χ3v) is 3.57. The molecule has 0 bridgehead atoms. The minimum absolute atomic E-state index is 0.0197. The first-order chi connectivity index (χ1) is 9.20. The summed E-state index contributed by atoms with van der Waals surface area (Å²) < 4.78 is 0. The highest BCUT2D eigenvalue weighted by Crippen LogP contribution is 2.30. The van der Waals surface area contributed by atoms with Crippen LogP contribution in [0, 0.1) is 0 Å². The number of primary amides is 1. The summed E-state index contributed by atoms with van der Waals surface area (Å²) in [6.07, 6.45) is 0. The summed E-state index contributed by atoms with van der Waals surface area (Å²) in [5.41, 5.74) is 6.30. The second-order valence-electron chi connectivity index (χ2n) is 5.49. The summed E-state index contributed by atoms with van der Waals surface area (Å²) in [6, 6.07) is 5.14. The van der Waals surface area contributed by atoms with Crippen LogP contribution in [-0.4, -0.2) is 28.4 Å². The molecule has 0 unspecified atom stereocenters. The molecule has 0 aliphatic carbocycles. The Morgan fingerprint density at radius 2 is 1.95 bits per heavy atom. The normalized spacial score (nSPS) is 11.2. The molecule has 1 aromatic carbocycles. The molecular weight excluding hydrogens is 276 g/mol. The number of rotatable bonds is 5. The lowest BCUT2D eigenvalue weighted by molar-refractivity contribution is -0.115. The van der Waals surface area contributed by atoms with Crippen LogP contribution in [0.15, 0.2) is 18.2 Å². The maximum Gasteiger partial charge on any atom is 0.234 e. The van der Waals surface area contributed by atoms with E-state index in [2.05, 4.69) is 5.32 Å². The maximum atomic E-state index is 11.7. The number of nitrogens with two attached hydrogens (primary N) is 1. The van der Waals surface area contributed by atoms with Gasteiger partial charge in [0.1, 0.15) is 5.75 Å². The molecule has 0 atom stereocenters. The van der Waals surface area contributed by atoms with Gasteiger partial charge in [0.05, 0.1) is 17.2 Å². The number of thioether (sulfide) groups is 1. The van der Waals surface area contributed by atoms with E-state index >= 15 is 0 Å². The molecule has 5 nitrogen and oxygen atoms in total. The maximum absolute atomic E-state index is 11.7. The fourth-order valence-electron chi connectivity index (χ4n) is 1.53. The zero-order chi connectivity index (χ0) is 15.3. The molecule has 0 aliphatic heterocycles. The standard InChI is InChI=1S/C14H20N2O3S/c1-14(2,3)9-4-5-11(17)10(6-9)16-13(19)8-20-7-12(15)18/h4-6,17H,7-8H2,1-3H3,(H2,15,18)(H,16,19). The summed E-state index contributed by atoms with van der Waals surface area (Å²) in [5.74, 6) is -0.506. The van der Waals surface area contributed by atoms with Crippen molar-refractivity contribution in [2.75, 3.05) is 16.8 Å². The molecule has 0 saturated heterocycles. The van der Waals surface area contributed by atoms with Gasteiger partial charge in [-0.2, -0.15) is 0 Å². The summed E-state index contributed by atoms with van der Waals surface area (Å²) >= 11 is 1.14. The van der Waals surface area contributed by atoms with E-state index in [9.17, 15) is 14.7 Å². The quantitative estimate of drug-likeness (QED) is 0.723. The van der Waals surface area contributed by atoms with Crippen molar-refractivity contribution in [3.05, 3.63) is 23.8 Å². The molecule has 1 aromatic rings. The molecule has 6 heteroatoms. The van der Waals surface area contributed by atoms with Crippen molar-refractivity contribution in [1.29, 1.82) is 0 Å². The van der Waals surface area contributed by atoms with Crippen LogP contribution < -0.4 is 11.1 Å². The minimum atomic E-state index is -0.458. The van der Waals surface area contributed by atoms with Crippen LogP contribution in [0.5, 0.6) is 5.75 Å². The molecule has 0 spiro atoms. The Bertz CT molecular complexity index is 510. The fourth-order valence-corrected chi connectivity index (χ4v) is 2.09. The van der Waals surface area contributed by atoms with Gasteiger partial charge in [0.2, 0.25) is 11.8 Å². The van der Waals surface area contributed by atoms with Gasteiger partial charge in [-0.3, -0.25) is 9.59 Å². The summed E-state index contributed by atoms with van der Waals surface area (Å²) in [7, 11) is 0. The van der Waals surface area contributed by atoms with E-state index in [1.165, 1.54) is 0 Å². The van der Waals surface area contributed by atoms with E-state index in [1.54, 1.807) is 12.1 Å². The molecule has 20 heavy (non-hydrogen) atoms. The Balaban J connectivity index is 2.71. The fraction of sp³-hybridized carbons (Fsp3) is 0.429. The number of hydrogen-bond donors (Lipinski definition) is 3. The first kappa shape index (κ1) is 16.4. The summed E-state index contributed by atoms with van der Waals surface area (Å²) in [4.78, 5) is 22.3. The first-order valence-corrected chi connectivity index (χ1v) is 7.35. The van der Waals surface area contributed by atoms with Crippen molar-refractivity contribution in [2.24, 2.45) is 5.73 Å². The summed E-state index contributed by atoms with van der Waals surface area (Å²) in [5, 5.41) is 12.4. The third-order valence-electron chi connectivity index (χ3n) is 2.61. The molecular formula is C14H20N2O3S. The Hall–Kier alpha value is -1.69. The zero-order valence-corrected chi connectivity index (χ0v) is 12.7. The first-order valence-electron chi connectivity index (χ1n) is 6.19. The third kappa shape index (κ3) is 5.13. The number of benzene rings is 1. The Morgan fingerprint density at radius 3 is 2.50 bits per heavy atom. The monoisotopic (exact) mass is 296 g/mol. The average Bonchev–Trinajstić information content (AvgIpc) is 2.30. The number of nitrogens with one attached hydrogen (secondary N) is 1.